The topological polar surface area (TPSA) is 55.8 Å². The van der Waals surface area contributed by atoms with Crippen LogP contribution in [0.3, 0.4) is 0 Å². The summed E-state index contributed by atoms with van der Waals surface area (Å²) in [5.74, 6) is 0.873. The van der Waals surface area contributed by atoms with Gasteiger partial charge in [-0.15, -0.1) is 0 Å². The number of rotatable bonds is 7. The van der Waals surface area contributed by atoms with Crippen molar-refractivity contribution in [2.45, 2.75) is 25.4 Å². The molecule has 1 aliphatic heterocycles. The summed E-state index contributed by atoms with van der Waals surface area (Å²) >= 11 is 0. The van der Waals surface area contributed by atoms with Crippen molar-refractivity contribution < 1.29 is 17.9 Å². The molecule has 0 N–H and O–H groups in total. The Hall–Kier alpha value is -1.11. The van der Waals surface area contributed by atoms with E-state index in [0.29, 0.717) is 19.6 Å². The molecule has 1 aliphatic rings. The summed E-state index contributed by atoms with van der Waals surface area (Å²) in [5, 5.41) is 0. The van der Waals surface area contributed by atoms with Crippen LogP contribution in [0.15, 0.2) is 24.3 Å². The van der Waals surface area contributed by atoms with Crippen LogP contribution in [-0.2, 0) is 21.2 Å². The molecule has 0 spiro atoms. The van der Waals surface area contributed by atoms with Gasteiger partial charge in [0.05, 0.1) is 19.0 Å². The van der Waals surface area contributed by atoms with Gasteiger partial charge in [-0.1, -0.05) is 18.2 Å². The molecule has 1 saturated heterocycles. The van der Waals surface area contributed by atoms with E-state index in [1.165, 1.54) is 4.31 Å². The maximum absolute atomic E-state index is 12.3. The van der Waals surface area contributed by atoms with Crippen molar-refractivity contribution in [3.05, 3.63) is 29.8 Å². The first-order valence-electron chi connectivity index (χ1n) is 7.20. The van der Waals surface area contributed by atoms with Gasteiger partial charge in [0.2, 0.25) is 10.0 Å². The molecule has 118 valence electrons. The minimum absolute atomic E-state index is 0.0788. The second-order valence-corrected chi connectivity index (χ2v) is 7.42. The molecule has 0 saturated carbocycles. The van der Waals surface area contributed by atoms with Crippen molar-refractivity contribution in [2.24, 2.45) is 0 Å². The molecule has 1 heterocycles. The van der Waals surface area contributed by atoms with Gasteiger partial charge in [0.1, 0.15) is 5.75 Å². The van der Waals surface area contributed by atoms with Gasteiger partial charge in [-0.2, -0.15) is 0 Å². The number of likely N-dealkylation sites (N-methyl/N-ethyl adjacent to an activating group) is 1. The zero-order valence-corrected chi connectivity index (χ0v) is 13.4. The van der Waals surface area contributed by atoms with Crippen molar-refractivity contribution in [2.75, 3.05) is 33.1 Å². The molecule has 5 nitrogen and oxygen atoms in total. The van der Waals surface area contributed by atoms with Gasteiger partial charge in [-0.3, -0.25) is 0 Å². The van der Waals surface area contributed by atoms with Gasteiger partial charge in [-0.05, 0) is 30.9 Å². The fourth-order valence-corrected chi connectivity index (χ4v) is 3.82. The number of methoxy groups -OCH3 is 1. The van der Waals surface area contributed by atoms with Crippen LogP contribution in [0.25, 0.3) is 0 Å². The standard InChI is InChI=1S/C15H23NO4S/c1-16(21(17,18)12-14-7-5-11-20-14)10-9-13-6-3-4-8-15(13)19-2/h3-4,6,8,14H,5,7,9-12H2,1-2H3. The molecular weight excluding hydrogens is 290 g/mol. The lowest BCUT2D eigenvalue weighted by Crippen LogP contribution is -2.35. The minimum Gasteiger partial charge on any atom is -0.496 e. The third kappa shape index (κ3) is 4.43. The third-order valence-corrected chi connectivity index (χ3v) is 5.71. The Morgan fingerprint density at radius 2 is 2.14 bits per heavy atom. The first kappa shape index (κ1) is 16.3. The number of benzene rings is 1. The van der Waals surface area contributed by atoms with Crippen LogP contribution in [0.1, 0.15) is 18.4 Å². The molecule has 2 rings (SSSR count). The lowest BCUT2D eigenvalue weighted by Gasteiger charge is -2.19. The molecule has 1 aromatic carbocycles. The summed E-state index contributed by atoms with van der Waals surface area (Å²) in [6.07, 6.45) is 2.26. The van der Waals surface area contributed by atoms with Crippen molar-refractivity contribution in [1.82, 2.24) is 4.31 Å². The normalized spacial score (nSPS) is 19.1. The quantitative estimate of drug-likeness (QED) is 0.768. The molecular formula is C15H23NO4S. The third-order valence-electron chi connectivity index (χ3n) is 3.78. The molecule has 6 heteroatoms. The fraction of sp³-hybridized carbons (Fsp3) is 0.600. The van der Waals surface area contributed by atoms with Gasteiger partial charge in [-0.25, -0.2) is 12.7 Å². The van der Waals surface area contributed by atoms with Gasteiger partial charge in [0.15, 0.2) is 0 Å². The van der Waals surface area contributed by atoms with Crippen molar-refractivity contribution >= 4 is 10.0 Å². The van der Waals surface area contributed by atoms with E-state index >= 15 is 0 Å². The zero-order valence-electron chi connectivity index (χ0n) is 12.6. The van der Waals surface area contributed by atoms with Crippen molar-refractivity contribution in [3.8, 4) is 5.75 Å². The van der Waals surface area contributed by atoms with Gasteiger partial charge >= 0.3 is 0 Å². The summed E-state index contributed by atoms with van der Waals surface area (Å²) < 4.78 is 36.7. The smallest absolute Gasteiger partial charge is 0.216 e. The number of hydrogen-bond donors (Lipinski definition) is 0. The first-order valence-corrected chi connectivity index (χ1v) is 8.81. The Balaban J connectivity index is 1.92. The molecule has 0 radical (unpaired) electrons. The van der Waals surface area contributed by atoms with Crippen LogP contribution in [0, 0.1) is 0 Å². The molecule has 1 fully saturated rings. The Morgan fingerprint density at radius 3 is 2.81 bits per heavy atom. The number of sulfonamides is 1. The van der Waals surface area contributed by atoms with Crippen LogP contribution in [0.2, 0.25) is 0 Å². The molecule has 0 bridgehead atoms. The van der Waals surface area contributed by atoms with E-state index in [9.17, 15) is 8.42 Å². The summed E-state index contributed by atoms with van der Waals surface area (Å²) in [6.45, 7) is 1.11. The van der Waals surface area contributed by atoms with Crippen molar-refractivity contribution in [3.63, 3.8) is 0 Å². The number of para-hydroxylation sites is 1. The Kier molecular flexibility index (Phi) is 5.61. The summed E-state index contributed by atoms with van der Waals surface area (Å²) in [6, 6.07) is 7.68. The Bertz CT molecular complexity index is 553. The van der Waals surface area contributed by atoms with Gasteiger partial charge in [0, 0.05) is 20.2 Å². The van der Waals surface area contributed by atoms with Crippen LogP contribution in [0.4, 0.5) is 0 Å². The second kappa shape index (κ2) is 7.24. The lowest BCUT2D eigenvalue weighted by molar-refractivity contribution is 0.126. The Morgan fingerprint density at radius 1 is 1.38 bits per heavy atom. The number of nitrogens with zero attached hydrogens (tertiary/aromatic N) is 1. The Labute approximate surface area is 126 Å². The van der Waals surface area contributed by atoms with E-state index in [0.717, 1.165) is 24.2 Å². The highest BCUT2D eigenvalue weighted by Crippen LogP contribution is 2.19. The van der Waals surface area contributed by atoms with E-state index in [-0.39, 0.29) is 11.9 Å². The molecule has 0 aromatic heterocycles. The predicted octanol–water partition coefficient (Wildman–Crippen LogP) is 1.68. The molecule has 1 unspecified atom stereocenters. The fourth-order valence-electron chi connectivity index (χ4n) is 2.46. The van der Waals surface area contributed by atoms with Crippen LogP contribution in [-0.4, -0.2) is 51.9 Å². The SMILES string of the molecule is COc1ccccc1CCN(C)S(=O)(=O)CC1CCCO1. The van der Waals surface area contributed by atoms with E-state index in [1.807, 2.05) is 24.3 Å². The zero-order chi connectivity index (χ0) is 15.3. The van der Waals surface area contributed by atoms with Crippen LogP contribution >= 0.6 is 0 Å². The van der Waals surface area contributed by atoms with E-state index in [2.05, 4.69) is 0 Å². The van der Waals surface area contributed by atoms with Gasteiger partial charge in [0.25, 0.3) is 0 Å². The predicted molar refractivity (Wildman–Crippen MR) is 82.1 cm³/mol. The molecule has 21 heavy (non-hydrogen) atoms. The van der Waals surface area contributed by atoms with E-state index in [1.54, 1.807) is 14.2 Å². The van der Waals surface area contributed by atoms with Crippen molar-refractivity contribution in [1.29, 1.82) is 0 Å². The molecule has 1 atom stereocenters. The molecule has 0 aliphatic carbocycles. The minimum atomic E-state index is -3.27. The van der Waals surface area contributed by atoms with E-state index < -0.39 is 10.0 Å². The number of ether oxygens (including phenoxy) is 2. The highest BCUT2D eigenvalue weighted by Gasteiger charge is 2.26. The second-order valence-electron chi connectivity index (χ2n) is 5.30. The van der Waals surface area contributed by atoms with Gasteiger partial charge < -0.3 is 9.47 Å². The largest absolute Gasteiger partial charge is 0.496 e. The lowest BCUT2D eigenvalue weighted by atomic mass is 10.1. The molecule has 0 amide bonds. The van der Waals surface area contributed by atoms with Crippen LogP contribution in [0.5, 0.6) is 5.75 Å². The average Bonchev–Trinajstić information content (AvgIpc) is 2.97. The summed E-state index contributed by atoms with van der Waals surface area (Å²) in [7, 11) is -0.0195. The first-order chi connectivity index (χ1) is 10.0. The maximum Gasteiger partial charge on any atom is 0.216 e. The maximum atomic E-state index is 12.3. The van der Waals surface area contributed by atoms with Crippen LogP contribution < -0.4 is 4.74 Å². The monoisotopic (exact) mass is 313 g/mol. The van der Waals surface area contributed by atoms with E-state index in [4.69, 9.17) is 9.47 Å². The highest BCUT2D eigenvalue weighted by molar-refractivity contribution is 7.89. The average molecular weight is 313 g/mol. The highest BCUT2D eigenvalue weighted by atomic mass is 32.2. The summed E-state index contributed by atoms with van der Waals surface area (Å²) in [4.78, 5) is 0. The molecule has 1 aromatic rings. The number of hydrogen-bond acceptors (Lipinski definition) is 4. The summed E-state index contributed by atoms with van der Waals surface area (Å²) in [5.41, 5.74) is 1.01.